The molecule has 1 nitrogen and oxygen atoms in total. The largest absolute Gasteiger partial charge is 0.393 e. The van der Waals surface area contributed by atoms with Crippen molar-refractivity contribution in [3.05, 3.63) is 34.3 Å². The molecule has 0 heterocycles. The van der Waals surface area contributed by atoms with Crippen LogP contribution in [0.25, 0.3) is 0 Å². The minimum atomic E-state index is -0.0753. The molecular weight excluding hydrogens is 228 g/mol. The van der Waals surface area contributed by atoms with Crippen molar-refractivity contribution in [3.8, 4) is 0 Å². The van der Waals surface area contributed by atoms with Gasteiger partial charge < -0.3 is 5.11 Å². The maximum atomic E-state index is 9.41. The summed E-state index contributed by atoms with van der Waals surface area (Å²) in [4.78, 5) is 0. The lowest BCUT2D eigenvalue weighted by Crippen LogP contribution is -1.99. The van der Waals surface area contributed by atoms with Gasteiger partial charge in [0.2, 0.25) is 0 Å². The number of aliphatic hydroxyl groups excluding tert-OH is 1. The third-order valence-corrected chi connectivity index (χ3v) is 3.28. The van der Waals surface area contributed by atoms with Gasteiger partial charge >= 0.3 is 0 Å². The number of halogens is 1. The lowest BCUT2D eigenvalue weighted by atomic mass is 9.98. The van der Waals surface area contributed by atoms with Gasteiger partial charge in [0.15, 0.2) is 0 Å². The Kier molecular flexibility index (Phi) is 2.70. The van der Waals surface area contributed by atoms with Crippen LogP contribution in [0.2, 0.25) is 0 Å². The standard InChI is InChI=1S/C11H13BrO/c12-10-4-1-8(2-5-10)9-3-6-11(13)7-9/h1-2,4-5,9,11,13H,3,6-7H2/t9-,11+/m1/s1. The van der Waals surface area contributed by atoms with Crippen molar-refractivity contribution in [2.45, 2.75) is 31.3 Å². The summed E-state index contributed by atoms with van der Waals surface area (Å²) in [6.07, 6.45) is 2.94. The summed E-state index contributed by atoms with van der Waals surface area (Å²) in [7, 11) is 0. The van der Waals surface area contributed by atoms with E-state index in [0.29, 0.717) is 5.92 Å². The van der Waals surface area contributed by atoms with Gasteiger partial charge in [0, 0.05) is 4.47 Å². The van der Waals surface area contributed by atoms with E-state index in [1.807, 2.05) is 0 Å². The Morgan fingerprint density at radius 3 is 2.38 bits per heavy atom. The van der Waals surface area contributed by atoms with Crippen LogP contribution in [0.15, 0.2) is 28.7 Å². The monoisotopic (exact) mass is 240 g/mol. The molecule has 0 saturated heterocycles. The summed E-state index contributed by atoms with van der Waals surface area (Å²) in [6, 6.07) is 8.43. The summed E-state index contributed by atoms with van der Waals surface area (Å²) in [5, 5.41) is 9.41. The van der Waals surface area contributed by atoms with E-state index in [1.165, 1.54) is 5.56 Å². The Hall–Kier alpha value is -0.340. The summed E-state index contributed by atoms with van der Waals surface area (Å²) in [5.74, 6) is 0.572. The predicted octanol–water partition coefficient (Wildman–Crippen LogP) is 3.08. The number of rotatable bonds is 1. The highest BCUT2D eigenvalue weighted by atomic mass is 79.9. The Morgan fingerprint density at radius 1 is 1.15 bits per heavy atom. The van der Waals surface area contributed by atoms with Gasteiger partial charge in [-0.2, -0.15) is 0 Å². The number of hydrogen-bond donors (Lipinski definition) is 1. The molecule has 0 spiro atoms. The molecule has 1 aromatic rings. The van der Waals surface area contributed by atoms with Gasteiger partial charge in [-0.05, 0) is 42.9 Å². The molecule has 0 aromatic heterocycles. The molecule has 70 valence electrons. The van der Waals surface area contributed by atoms with E-state index in [1.54, 1.807) is 0 Å². The van der Waals surface area contributed by atoms with E-state index in [2.05, 4.69) is 40.2 Å². The molecule has 0 aliphatic heterocycles. The van der Waals surface area contributed by atoms with Crippen molar-refractivity contribution in [3.63, 3.8) is 0 Å². The molecule has 0 unspecified atom stereocenters. The smallest absolute Gasteiger partial charge is 0.0546 e. The van der Waals surface area contributed by atoms with E-state index < -0.39 is 0 Å². The molecule has 2 rings (SSSR count). The second-order valence-electron chi connectivity index (χ2n) is 3.72. The third kappa shape index (κ3) is 2.12. The van der Waals surface area contributed by atoms with Crippen LogP contribution >= 0.6 is 15.9 Å². The number of hydrogen-bond acceptors (Lipinski definition) is 1. The Balaban J connectivity index is 2.13. The van der Waals surface area contributed by atoms with E-state index in [4.69, 9.17) is 0 Å². The first-order valence-electron chi connectivity index (χ1n) is 4.69. The minimum absolute atomic E-state index is 0.0753. The van der Waals surface area contributed by atoms with E-state index in [0.717, 1.165) is 23.7 Å². The fourth-order valence-corrected chi connectivity index (χ4v) is 2.26. The predicted molar refractivity (Wildman–Crippen MR) is 56.7 cm³/mol. The molecule has 13 heavy (non-hydrogen) atoms. The molecule has 2 heteroatoms. The summed E-state index contributed by atoms with van der Waals surface area (Å²) >= 11 is 3.42. The molecule has 2 atom stereocenters. The first-order valence-corrected chi connectivity index (χ1v) is 5.48. The zero-order valence-electron chi connectivity index (χ0n) is 7.41. The van der Waals surface area contributed by atoms with Crippen LogP contribution in [0, 0.1) is 0 Å². The highest BCUT2D eigenvalue weighted by Gasteiger charge is 2.23. The zero-order valence-corrected chi connectivity index (χ0v) is 9.00. The van der Waals surface area contributed by atoms with Crippen LogP contribution in [0.1, 0.15) is 30.7 Å². The molecule has 0 amide bonds. The van der Waals surface area contributed by atoms with Crippen LogP contribution in [0.4, 0.5) is 0 Å². The van der Waals surface area contributed by atoms with Crippen LogP contribution in [-0.4, -0.2) is 11.2 Å². The minimum Gasteiger partial charge on any atom is -0.393 e. The highest BCUT2D eigenvalue weighted by Crippen LogP contribution is 2.34. The molecule has 1 saturated carbocycles. The van der Waals surface area contributed by atoms with Crippen LogP contribution < -0.4 is 0 Å². The fourth-order valence-electron chi connectivity index (χ4n) is 2.00. The van der Waals surface area contributed by atoms with E-state index in [-0.39, 0.29) is 6.10 Å². The van der Waals surface area contributed by atoms with Crippen molar-refractivity contribution >= 4 is 15.9 Å². The SMILES string of the molecule is O[C@H]1CC[C@@H](c2ccc(Br)cc2)C1. The van der Waals surface area contributed by atoms with Crippen LogP contribution in [-0.2, 0) is 0 Å². The molecule has 1 aromatic carbocycles. The first kappa shape index (κ1) is 9.22. The van der Waals surface area contributed by atoms with Gasteiger partial charge in [-0.3, -0.25) is 0 Å². The van der Waals surface area contributed by atoms with Gasteiger partial charge in [-0.15, -0.1) is 0 Å². The van der Waals surface area contributed by atoms with Crippen molar-refractivity contribution in [2.75, 3.05) is 0 Å². The Bertz CT molecular complexity index is 281. The average Bonchev–Trinajstić information content (AvgIpc) is 2.53. The normalized spacial score (nSPS) is 27.8. The fraction of sp³-hybridized carbons (Fsp3) is 0.455. The van der Waals surface area contributed by atoms with E-state index in [9.17, 15) is 5.11 Å². The molecule has 0 radical (unpaired) electrons. The second-order valence-corrected chi connectivity index (χ2v) is 4.63. The summed E-state index contributed by atoms with van der Waals surface area (Å²) < 4.78 is 1.12. The van der Waals surface area contributed by atoms with Crippen molar-refractivity contribution in [1.82, 2.24) is 0 Å². The quantitative estimate of drug-likeness (QED) is 0.801. The molecule has 0 bridgehead atoms. The lowest BCUT2D eigenvalue weighted by Gasteiger charge is -2.09. The molecule has 1 N–H and O–H groups in total. The average molecular weight is 241 g/mol. The number of benzene rings is 1. The Morgan fingerprint density at radius 2 is 1.85 bits per heavy atom. The van der Waals surface area contributed by atoms with Gasteiger partial charge in [0.1, 0.15) is 0 Å². The lowest BCUT2D eigenvalue weighted by molar-refractivity contribution is 0.181. The molecular formula is C11H13BrO. The number of aliphatic hydroxyl groups is 1. The summed E-state index contributed by atoms with van der Waals surface area (Å²) in [6.45, 7) is 0. The van der Waals surface area contributed by atoms with Gasteiger partial charge in [-0.1, -0.05) is 28.1 Å². The third-order valence-electron chi connectivity index (χ3n) is 2.75. The topological polar surface area (TPSA) is 20.2 Å². The molecule has 1 aliphatic rings. The first-order chi connectivity index (χ1) is 6.25. The summed E-state index contributed by atoms with van der Waals surface area (Å²) in [5.41, 5.74) is 1.36. The van der Waals surface area contributed by atoms with Crippen LogP contribution in [0.5, 0.6) is 0 Å². The second kappa shape index (κ2) is 3.81. The van der Waals surface area contributed by atoms with Crippen molar-refractivity contribution < 1.29 is 5.11 Å². The molecule has 1 fully saturated rings. The maximum Gasteiger partial charge on any atom is 0.0546 e. The van der Waals surface area contributed by atoms with Gasteiger partial charge in [0.05, 0.1) is 6.10 Å². The van der Waals surface area contributed by atoms with E-state index >= 15 is 0 Å². The highest BCUT2D eigenvalue weighted by molar-refractivity contribution is 9.10. The van der Waals surface area contributed by atoms with Crippen LogP contribution in [0.3, 0.4) is 0 Å². The zero-order chi connectivity index (χ0) is 9.26. The van der Waals surface area contributed by atoms with Crippen molar-refractivity contribution in [1.29, 1.82) is 0 Å². The molecule has 1 aliphatic carbocycles. The van der Waals surface area contributed by atoms with Gasteiger partial charge in [-0.25, -0.2) is 0 Å². The Labute approximate surface area is 86.9 Å². The van der Waals surface area contributed by atoms with Gasteiger partial charge in [0.25, 0.3) is 0 Å². The maximum absolute atomic E-state index is 9.41. The van der Waals surface area contributed by atoms with Crippen molar-refractivity contribution in [2.24, 2.45) is 0 Å².